The molecule has 0 spiro atoms. The van der Waals surface area contributed by atoms with Crippen molar-refractivity contribution in [1.29, 1.82) is 0 Å². The van der Waals surface area contributed by atoms with E-state index in [2.05, 4.69) is 11.9 Å². The van der Waals surface area contributed by atoms with Crippen LogP contribution in [0.15, 0.2) is 0 Å². The zero-order valence-corrected chi connectivity index (χ0v) is 15.4. The highest BCUT2D eigenvalue weighted by molar-refractivity contribution is 7.11. The molecule has 0 saturated carbocycles. The van der Waals surface area contributed by atoms with Crippen molar-refractivity contribution < 1.29 is 14.3 Å². The van der Waals surface area contributed by atoms with Gasteiger partial charge in [-0.25, -0.2) is 9.78 Å². The summed E-state index contributed by atoms with van der Waals surface area (Å²) in [6, 6.07) is -0.420. The normalized spacial score (nSPS) is 20.4. The van der Waals surface area contributed by atoms with Gasteiger partial charge in [0.15, 0.2) is 0 Å². The fraction of sp³-hybridized carbons (Fsp3) is 0.750. The Bertz CT molecular complexity index is 534. The van der Waals surface area contributed by atoms with Crippen LogP contribution in [0.5, 0.6) is 0 Å². The Labute approximate surface area is 142 Å². The number of carbonyl (C=O) groups is 1. The van der Waals surface area contributed by atoms with Crippen LogP contribution in [-0.4, -0.2) is 53.4 Å². The van der Waals surface area contributed by atoms with Gasteiger partial charge in [-0.05, 0) is 34.6 Å². The van der Waals surface area contributed by atoms with Gasteiger partial charge in [-0.15, -0.1) is 11.3 Å². The second-order valence-corrected chi connectivity index (χ2v) is 8.22. The molecule has 130 valence electrons. The Balaban J connectivity index is 2.06. The first-order chi connectivity index (χ1) is 10.7. The van der Waals surface area contributed by atoms with E-state index in [1.807, 2.05) is 27.7 Å². The molecule has 1 aliphatic rings. The van der Waals surface area contributed by atoms with E-state index in [0.29, 0.717) is 26.2 Å². The van der Waals surface area contributed by atoms with Crippen molar-refractivity contribution in [2.75, 3.05) is 19.8 Å². The van der Waals surface area contributed by atoms with Gasteiger partial charge in [-0.1, -0.05) is 0 Å². The molecule has 1 aromatic heterocycles. The molecule has 2 atom stereocenters. The summed E-state index contributed by atoms with van der Waals surface area (Å²) in [6.45, 7) is 11.1. The molecule has 0 radical (unpaired) electrons. The Kier molecular flexibility index (Phi) is 5.65. The van der Waals surface area contributed by atoms with Gasteiger partial charge in [0.25, 0.3) is 0 Å². The van der Waals surface area contributed by atoms with Gasteiger partial charge < -0.3 is 15.2 Å². The molecule has 1 fully saturated rings. The molecule has 0 aromatic carbocycles. The van der Waals surface area contributed by atoms with E-state index in [9.17, 15) is 4.79 Å². The lowest BCUT2D eigenvalue weighted by Crippen LogP contribution is -2.58. The van der Waals surface area contributed by atoms with Crippen molar-refractivity contribution in [3.8, 4) is 0 Å². The molecule has 2 unspecified atom stereocenters. The van der Waals surface area contributed by atoms with E-state index in [4.69, 9.17) is 15.2 Å². The molecule has 6 nitrogen and oxygen atoms in total. The number of nitrogens with zero attached hydrogens (tertiary/aromatic N) is 2. The minimum atomic E-state index is -0.520. The quantitative estimate of drug-likeness (QED) is 0.912. The van der Waals surface area contributed by atoms with Crippen LogP contribution in [0.3, 0.4) is 0 Å². The topological polar surface area (TPSA) is 77.7 Å². The second kappa shape index (κ2) is 7.15. The lowest BCUT2D eigenvalue weighted by atomic mass is 10.0. The first-order valence-electron chi connectivity index (χ1n) is 7.93. The van der Waals surface area contributed by atoms with Crippen LogP contribution in [0.2, 0.25) is 0 Å². The molecule has 1 aliphatic heterocycles. The van der Waals surface area contributed by atoms with E-state index >= 15 is 0 Å². The van der Waals surface area contributed by atoms with E-state index in [-0.39, 0.29) is 18.2 Å². The number of hydrogen-bond donors (Lipinski definition) is 1. The number of rotatable bonds is 3. The molecule has 1 aromatic rings. The summed E-state index contributed by atoms with van der Waals surface area (Å²) >= 11 is 1.66. The molecular weight excluding hydrogens is 314 g/mol. The Hall–Kier alpha value is -1.18. The van der Waals surface area contributed by atoms with Crippen LogP contribution in [-0.2, 0) is 15.9 Å². The lowest BCUT2D eigenvalue weighted by Gasteiger charge is -2.39. The molecule has 0 aliphatic carbocycles. The highest BCUT2D eigenvalue weighted by atomic mass is 32.1. The fourth-order valence-electron chi connectivity index (χ4n) is 2.49. The number of carbonyl (C=O) groups excluding carboxylic acids is 1. The van der Waals surface area contributed by atoms with Crippen LogP contribution in [0.4, 0.5) is 4.79 Å². The third-order valence-electron chi connectivity index (χ3n) is 3.77. The number of amides is 1. The maximum absolute atomic E-state index is 12.4. The summed E-state index contributed by atoms with van der Waals surface area (Å²) in [4.78, 5) is 19.9. The molecule has 0 bridgehead atoms. The van der Waals surface area contributed by atoms with Crippen LogP contribution < -0.4 is 5.73 Å². The number of ether oxygens (including phenoxy) is 2. The number of aromatic nitrogens is 1. The van der Waals surface area contributed by atoms with Crippen molar-refractivity contribution in [2.24, 2.45) is 5.73 Å². The molecule has 1 saturated heterocycles. The van der Waals surface area contributed by atoms with Gasteiger partial charge >= 0.3 is 6.09 Å². The molecule has 23 heavy (non-hydrogen) atoms. The van der Waals surface area contributed by atoms with Gasteiger partial charge in [0.2, 0.25) is 0 Å². The molecule has 2 N–H and O–H groups in total. The largest absolute Gasteiger partial charge is 0.444 e. The Morgan fingerprint density at radius 2 is 2.22 bits per heavy atom. The first-order valence-corrected chi connectivity index (χ1v) is 8.75. The SMILES string of the molecule is Cc1nc(CC(N)C2COCCN2C(=O)OC(C)(C)C)sc1C. The Morgan fingerprint density at radius 1 is 1.52 bits per heavy atom. The molecular formula is C16H27N3O3S. The standard InChI is InChI=1S/C16H27N3O3S/c1-10-11(2)23-14(18-10)8-12(17)13-9-21-7-6-19(13)15(20)22-16(3,4)5/h12-13H,6-9,17H2,1-5H3. The number of thiazole rings is 1. The summed E-state index contributed by atoms with van der Waals surface area (Å²) in [7, 11) is 0. The number of hydrogen-bond acceptors (Lipinski definition) is 6. The van der Waals surface area contributed by atoms with Gasteiger partial charge in [-0.3, -0.25) is 4.90 Å². The van der Waals surface area contributed by atoms with E-state index in [1.54, 1.807) is 16.2 Å². The number of nitrogens with two attached hydrogens (primary N) is 1. The van der Waals surface area contributed by atoms with Crippen molar-refractivity contribution in [1.82, 2.24) is 9.88 Å². The zero-order valence-electron chi connectivity index (χ0n) is 14.6. The number of morpholine rings is 1. The van der Waals surface area contributed by atoms with Gasteiger partial charge in [0.1, 0.15) is 5.60 Å². The minimum Gasteiger partial charge on any atom is -0.444 e. The van der Waals surface area contributed by atoms with Gasteiger partial charge in [0, 0.05) is 23.9 Å². The smallest absolute Gasteiger partial charge is 0.410 e. The molecule has 2 rings (SSSR count). The fourth-order valence-corrected chi connectivity index (χ4v) is 3.49. The van der Waals surface area contributed by atoms with E-state index in [0.717, 1.165) is 10.7 Å². The summed E-state index contributed by atoms with van der Waals surface area (Å²) in [6.07, 6.45) is 0.305. The van der Waals surface area contributed by atoms with Crippen molar-refractivity contribution in [2.45, 2.75) is 58.7 Å². The minimum absolute atomic E-state index is 0.192. The molecule has 2 heterocycles. The molecule has 7 heteroatoms. The predicted molar refractivity (Wildman–Crippen MR) is 90.8 cm³/mol. The van der Waals surface area contributed by atoms with Crippen LogP contribution in [0.25, 0.3) is 0 Å². The monoisotopic (exact) mass is 341 g/mol. The summed E-state index contributed by atoms with van der Waals surface area (Å²) in [5.74, 6) is 0. The van der Waals surface area contributed by atoms with Crippen molar-refractivity contribution in [3.63, 3.8) is 0 Å². The average molecular weight is 341 g/mol. The second-order valence-electron chi connectivity index (χ2n) is 6.93. The predicted octanol–water partition coefficient (Wildman–Crippen LogP) is 2.27. The van der Waals surface area contributed by atoms with Gasteiger partial charge in [0.05, 0.1) is 30.0 Å². The van der Waals surface area contributed by atoms with Crippen LogP contribution in [0.1, 0.15) is 36.3 Å². The zero-order chi connectivity index (χ0) is 17.2. The summed E-state index contributed by atoms with van der Waals surface area (Å²) in [5, 5.41) is 1.00. The summed E-state index contributed by atoms with van der Waals surface area (Å²) < 4.78 is 11.0. The third kappa shape index (κ3) is 4.89. The highest BCUT2D eigenvalue weighted by Crippen LogP contribution is 2.21. The Morgan fingerprint density at radius 3 is 2.78 bits per heavy atom. The highest BCUT2D eigenvalue weighted by Gasteiger charge is 2.35. The first kappa shape index (κ1) is 18.2. The van der Waals surface area contributed by atoms with Crippen molar-refractivity contribution >= 4 is 17.4 Å². The maximum Gasteiger partial charge on any atom is 0.410 e. The number of aryl methyl sites for hydroxylation is 2. The van der Waals surface area contributed by atoms with Crippen LogP contribution >= 0.6 is 11.3 Å². The maximum atomic E-state index is 12.4. The summed E-state index contributed by atoms with van der Waals surface area (Å²) in [5.41, 5.74) is 6.89. The van der Waals surface area contributed by atoms with Crippen molar-refractivity contribution in [3.05, 3.63) is 15.6 Å². The molecule has 1 amide bonds. The average Bonchev–Trinajstić information content (AvgIpc) is 2.75. The lowest BCUT2D eigenvalue weighted by molar-refractivity contribution is -0.0378. The third-order valence-corrected chi connectivity index (χ3v) is 4.87. The van der Waals surface area contributed by atoms with Crippen LogP contribution in [0, 0.1) is 13.8 Å². The van der Waals surface area contributed by atoms with Gasteiger partial charge in [-0.2, -0.15) is 0 Å². The van der Waals surface area contributed by atoms with E-state index < -0.39 is 5.60 Å². The van der Waals surface area contributed by atoms with E-state index in [1.165, 1.54) is 4.88 Å².